The topological polar surface area (TPSA) is 93.0 Å². The second kappa shape index (κ2) is 9.54. The fourth-order valence-corrected chi connectivity index (χ4v) is 3.06. The number of para-hydroxylation sites is 1. The molecule has 140 valence electrons. The number of rotatable bonds is 8. The SMILES string of the molecule is CC(C)Cn1nnnc1SCC(=O)N(C)CC(=O)Nc1ccccc1Cl. The maximum atomic E-state index is 12.2. The van der Waals surface area contributed by atoms with E-state index in [0.29, 0.717) is 28.3 Å². The van der Waals surface area contributed by atoms with Gasteiger partial charge in [0.15, 0.2) is 0 Å². The molecule has 0 fully saturated rings. The summed E-state index contributed by atoms with van der Waals surface area (Å²) >= 11 is 7.25. The summed E-state index contributed by atoms with van der Waals surface area (Å²) in [4.78, 5) is 25.7. The first kappa shape index (κ1) is 20.2. The van der Waals surface area contributed by atoms with Gasteiger partial charge in [0.05, 0.1) is 23.0 Å². The van der Waals surface area contributed by atoms with Crippen molar-refractivity contribution in [1.82, 2.24) is 25.1 Å². The molecular formula is C16H21ClN6O2S. The largest absolute Gasteiger partial charge is 0.336 e. The van der Waals surface area contributed by atoms with Gasteiger partial charge in [-0.05, 0) is 28.5 Å². The van der Waals surface area contributed by atoms with Gasteiger partial charge < -0.3 is 10.2 Å². The summed E-state index contributed by atoms with van der Waals surface area (Å²) in [6, 6.07) is 6.93. The maximum absolute atomic E-state index is 12.2. The fourth-order valence-electron chi connectivity index (χ4n) is 2.05. The normalized spacial score (nSPS) is 10.8. The molecular weight excluding hydrogens is 376 g/mol. The van der Waals surface area contributed by atoms with E-state index in [0.717, 1.165) is 0 Å². The number of carbonyl (C=O) groups is 2. The number of aromatic nitrogens is 4. The lowest BCUT2D eigenvalue weighted by atomic mass is 10.2. The Bertz CT molecular complexity index is 767. The van der Waals surface area contributed by atoms with Crippen molar-refractivity contribution < 1.29 is 9.59 Å². The maximum Gasteiger partial charge on any atom is 0.244 e. The number of halogens is 1. The van der Waals surface area contributed by atoms with Gasteiger partial charge >= 0.3 is 0 Å². The molecule has 8 nitrogen and oxygen atoms in total. The fraction of sp³-hybridized carbons (Fsp3) is 0.438. The van der Waals surface area contributed by atoms with Crippen LogP contribution in [0, 0.1) is 5.92 Å². The van der Waals surface area contributed by atoms with Crippen molar-refractivity contribution in [1.29, 1.82) is 0 Å². The van der Waals surface area contributed by atoms with Gasteiger partial charge in [-0.25, -0.2) is 4.68 Å². The molecule has 2 amide bonds. The molecule has 0 unspecified atom stereocenters. The van der Waals surface area contributed by atoms with E-state index in [2.05, 4.69) is 34.7 Å². The number of tetrazole rings is 1. The van der Waals surface area contributed by atoms with Crippen molar-refractivity contribution in [3.8, 4) is 0 Å². The molecule has 1 aromatic carbocycles. The van der Waals surface area contributed by atoms with Crippen LogP contribution < -0.4 is 5.32 Å². The van der Waals surface area contributed by atoms with Crippen LogP contribution in [-0.4, -0.2) is 56.3 Å². The van der Waals surface area contributed by atoms with Crippen molar-refractivity contribution in [2.24, 2.45) is 5.92 Å². The lowest BCUT2D eigenvalue weighted by Gasteiger charge is -2.17. The summed E-state index contributed by atoms with van der Waals surface area (Å²) < 4.78 is 1.67. The Balaban J connectivity index is 1.83. The van der Waals surface area contributed by atoms with Gasteiger partial charge in [0.1, 0.15) is 0 Å². The number of nitrogens with zero attached hydrogens (tertiary/aromatic N) is 5. The molecule has 0 spiro atoms. The third-order valence-electron chi connectivity index (χ3n) is 3.32. The van der Waals surface area contributed by atoms with Gasteiger partial charge in [0, 0.05) is 13.6 Å². The first-order chi connectivity index (χ1) is 12.4. The number of carbonyl (C=O) groups excluding carboxylic acids is 2. The monoisotopic (exact) mass is 396 g/mol. The molecule has 0 atom stereocenters. The molecule has 26 heavy (non-hydrogen) atoms. The summed E-state index contributed by atoms with van der Waals surface area (Å²) in [6.45, 7) is 4.74. The quantitative estimate of drug-likeness (QED) is 0.687. The molecule has 0 aliphatic carbocycles. The highest BCUT2D eigenvalue weighted by Crippen LogP contribution is 2.20. The molecule has 0 saturated carbocycles. The van der Waals surface area contributed by atoms with Crippen LogP contribution in [0.2, 0.25) is 5.02 Å². The zero-order chi connectivity index (χ0) is 19.1. The van der Waals surface area contributed by atoms with E-state index in [1.54, 1.807) is 36.0 Å². The molecule has 2 aromatic rings. The van der Waals surface area contributed by atoms with Gasteiger partial charge in [-0.3, -0.25) is 9.59 Å². The Hall–Kier alpha value is -2.13. The van der Waals surface area contributed by atoms with E-state index in [-0.39, 0.29) is 24.1 Å². The van der Waals surface area contributed by atoms with E-state index in [9.17, 15) is 9.59 Å². The molecule has 1 N–H and O–H groups in total. The smallest absolute Gasteiger partial charge is 0.244 e. The highest BCUT2D eigenvalue weighted by atomic mass is 35.5. The van der Waals surface area contributed by atoms with Crippen LogP contribution in [0.25, 0.3) is 0 Å². The molecule has 10 heteroatoms. The van der Waals surface area contributed by atoms with Crippen LogP contribution in [0.3, 0.4) is 0 Å². The van der Waals surface area contributed by atoms with Crippen LogP contribution in [0.1, 0.15) is 13.8 Å². The van der Waals surface area contributed by atoms with Crippen LogP contribution in [0.15, 0.2) is 29.4 Å². The van der Waals surface area contributed by atoms with Crippen LogP contribution >= 0.6 is 23.4 Å². The van der Waals surface area contributed by atoms with Crippen molar-refractivity contribution >= 4 is 40.9 Å². The molecule has 0 radical (unpaired) electrons. The molecule has 0 saturated heterocycles. The zero-order valence-corrected chi connectivity index (χ0v) is 16.4. The number of likely N-dealkylation sites (N-methyl/N-ethyl adjacent to an activating group) is 1. The molecule has 0 aliphatic rings. The zero-order valence-electron chi connectivity index (χ0n) is 14.8. The summed E-state index contributed by atoms with van der Waals surface area (Å²) in [5.41, 5.74) is 0.516. The average molecular weight is 397 g/mol. The van der Waals surface area contributed by atoms with Gasteiger partial charge in [-0.1, -0.05) is 49.3 Å². The minimum absolute atomic E-state index is 0.0679. The average Bonchev–Trinajstić information content (AvgIpc) is 3.01. The number of benzene rings is 1. The van der Waals surface area contributed by atoms with Crippen molar-refractivity contribution in [3.05, 3.63) is 29.3 Å². The first-order valence-electron chi connectivity index (χ1n) is 8.04. The van der Waals surface area contributed by atoms with Crippen LogP contribution in [0.4, 0.5) is 5.69 Å². The Morgan fingerprint density at radius 3 is 2.77 bits per heavy atom. The Kier molecular flexibility index (Phi) is 7.40. The summed E-state index contributed by atoms with van der Waals surface area (Å²) in [5.74, 6) is 0.0330. The molecule has 0 aliphatic heterocycles. The number of hydrogen-bond acceptors (Lipinski definition) is 6. The Morgan fingerprint density at radius 2 is 2.08 bits per heavy atom. The summed E-state index contributed by atoms with van der Waals surface area (Å²) in [7, 11) is 1.58. The second-order valence-corrected chi connectivity index (χ2v) is 7.45. The molecule has 2 rings (SSSR count). The number of nitrogens with one attached hydrogen (secondary N) is 1. The molecule has 1 aromatic heterocycles. The third kappa shape index (κ3) is 5.99. The van der Waals surface area contributed by atoms with Gasteiger partial charge in [-0.2, -0.15) is 0 Å². The van der Waals surface area contributed by atoms with E-state index < -0.39 is 0 Å². The van der Waals surface area contributed by atoms with Crippen molar-refractivity contribution in [2.75, 3.05) is 24.7 Å². The first-order valence-corrected chi connectivity index (χ1v) is 9.40. The predicted octanol–water partition coefficient (Wildman–Crippen LogP) is 2.17. The van der Waals surface area contributed by atoms with E-state index in [4.69, 9.17) is 11.6 Å². The lowest BCUT2D eigenvalue weighted by molar-refractivity contribution is -0.131. The van der Waals surface area contributed by atoms with Crippen molar-refractivity contribution in [3.63, 3.8) is 0 Å². The van der Waals surface area contributed by atoms with Crippen LogP contribution in [0.5, 0.6) is 0 Å². The number of amides is 2. The van der Waals surface area contributed by atoms with Crippen LogP contribution in [-0.2, 0) is 16.1 Å². The molecule has 0 bridgehead atoms. The third-order valence-corrected chi connectivity index (χ3v) is 4.59. The summed E-state index contributed by atoms with van der Waals surface area (Å²) in [5, 5.41) is 15.2. The lowest BCUT2D eigenvalue weighted by Crippen LogP contribution is -2.36. The second-order valence-electron chi connectivity index (χ2n) is 6.10. The minimum Gasteiger partial charge on any atom is -0.336 e. The number of thioether (sulfide) groups is 1. The highest BCUT2D eigenvalue weighted by molar-refractivity contribution is 7.99. The molecule has 1 heterocycles. The highest BCUT2D eigenvalue weighted by Gasteiger charge is 2.16. The Labute approximate surface area is 161 Å². The predicted molar refractivity (Wildman–Crippen MR) is 101 cm³/mol. The standard InChI is InChI=1S/C16H21ClN6O2S/c1-11(2)8-23-16(19-20-21-23)26-10-15(25)22(3)9-14(24)18-13-7-5-4-6-12(13)17/h4-7,11H,8-10H2,1-3H3,(H,18,24). The van der Waals surface area contributed by atoms with Crippen molar-refractivity contribution in [2.45, 2.75) is 25.5 Å². The van der Waals surface area contributed by atoms with E-state index in [1.807, 2.05) is 0 Å². The minimum atomic E-state index is -0.316. The number of anilines is 1. The Morgan fingerprint density at radius 1 is 1.35 bits per heavy atom. The van der Waals surface area contributed by atoms with Gasteiger partial charge in [0.2, 0.25) is 17.0 Å². The van der Waals surface area contributed by atoms with Gasteiger partial charge in [-0.15, -0.1) is 5.10 Å². The van der Waals surface area contributed by atoms with Gasteiger partial charge in [0.25, 0.3) is 0 Å². The summed E-state index contributed by atoms with van der Waals surface area (Å²) in [6.07, 6.45) is 0. The van der Waals surface area contributed by atoms with E-state index in [1.165, 1.54) is 16.7 Å². The number of hydrogen-bond donors (Lipinski definition) is 1. The van der Waals surface area contributed by atoms with E-state index >= 15 is 0 Å².